The molecule has 1 aromatic rings. The summed E-state index contributed by atoms with van der Waals surface area (Å²) in [5, 5.41) is 0. The van der Waals surface area contributed by atoms with Gasteiger partial charge in [-0.2, -0.15) is 12.7 Å². The van der Waals surface area contributed by atoms with Crippen LogP contribution in [0.15, 0.2) is 34.1 Å². The Morgan fingerprint density at radius 1 is 1.00 bits per heavy atom. The number of nitrogens with zero attached hydrogens (tertiary/aromatic N) is 3. The number of hydrogen-bond donors (Lipinski definition) is 0. The van der Waals surface area contributed by atoms with Gasteiger partial charge in [-0.05, 0) is 12.5 Å². The minimum Gasteiger partial charge on any atom is -0.294 e. The molecular weight excluding hydrogens is 322 g/mol. The third-order valence-electron chi connectivity index (χ3n) is 3.70. The maximum atomic E-state index is 12.1. The first kappa shape index (κ1) is 17.4. The monoisotopic (exact) mass is 345 g/mol. The molecule has 0 bridgehead atoms. The van der Waals surface area contributed by atoms with Gasteiger partial charge in [-0.15, -0.1) is 0 Å². The van der Waals surface area contributed by atoms with Gasteiger partial charge in [0.15, 0.2) is 0 Å². The molecule has 0 N–H and O–H groups in total. The van der Waals surface area contributed by atoms with E-state index >= 15 is 0 Å². The van der Waals surface area contributed by atoms with E-state index in [9.17, 15) is 12.6 Å². The van der Waals surface area contributed by atoms with Crippen molar-refractivity contribution in [3.63, 3.8) is 0 Å². The smallest absolute Gasteiger partial charge is 0.294 e. The summed E-state index contributed by atoms with van der Waals surface area (Å²) in [7, 11) is -6.47. The fourth-order valence-corrected chi connectivity index (χ4v) is 5.35. The average Bonchev–Trinajstić information content (AvgIpc) is 2.45. The molecule has 0 amide bonds. The molecule has 1 aliphatic rings. The summed E-state index contributed by atoms with van der Waals surface area (Å²) < 4.78 is 40.7. The van der Waals surface area contributed by atoms with Crippen molar-refractivity contribution < 1.29 is 12.6 Å². The van der Waals surface area contributed by atoms with E-state index in [1.54, 1.807) is 0 Å². The SMILES string of the molecule is C[C@@H](c1ccccc1)N1CCN(S(=O)(=O)N=S(C)(C)=O)CC1. The summed E-state index contributed by atoms with van der Waals surface area (Å²) >= 11 is 0. The van der Waals surface area contributed by atoms with E-state index in [1.165, 1.54) is 22.4 Å². The largest absolute Gasteiger partial charge is 0.330 e. The second kappa shape index (κ2) is 6.66. The first-order valence-corrected chi connectivity index (χ1v) is 10.9. The van der Waals surface area contributed by atoms with E-state index in [-0.39, 0.29) is 6.04 Å². The minimum atomic E-state index is -3.80. The fourth-order valence-electron chi connectivity index (χ4n) is 2.54. The molecule has 1 atom stereocenters. The van der Waals surface area contributed by atoms with Gasteiger partial charge in [-0.3, -0.25) is 4.90 Å². The summed E-state index contributed by atoms with van der Waals surface area (Å²) in [5.74, 6) is 0. The molecule has 8 heteroatoms. The highest BCUT2D eigenvalue weighted by Crippen LogP contribution is 2.22. The van der Waals surface area contributed by atoms with Crippen molar-refractivity contribution in [2.75, 3.05) is 38.7 Å². The standard InChI is InChI=1S/C14H23N3O3S2/c1-13(14-7-5-4-6-8-14)16-9-11-17(12-10-16)22(19,20)15-21(2,3)18/h4-8,13H,9-12H2,1-3H3/t13-/m0/s1. The van der Waals surface area contributed by atoms with Crippen molar-refractivity contribution in [1.82, 2.24) is 9.21 Å². The summed E-state index contributed by atoms with van der Waals surface area (Å²) in [4.78, 5) is 2.25. The molecule has 0 saturated carbocycles. The summed E-state index contributed by atoms with van der Waals surface area (Å²) in [6.45, 7) is 4.14. The lowest BCUT2D eigenvalue weighted by Gasteiger charge is -2.36. The van der Waals surface area contributed by atoms with E-state index < -0.39 is 19.9 Å². The van der Waals surface area contributed by atoms with Gasteiger partial charge in [-0.25, -0.2) is 4.21 Å². The Hall–Kier alpha value is -0.960. The Bertz CT molecular complexity index is 709. The second-order valence-corrected chi connectivity index (χ2v) is 10.1. The minimum absolute atomic E-state index is 0.240. The van der Waals surface area contributed by atoms with Crippen molar-refractivity contribution >= 4 is 19.9 Å². The lowest BCUT2D eigenvalue weighted by molar-refractivity contribution is 0.146. The molecule has 124 valence electrons. The highest BCUT2D eigenvalue weighted by Gasteiger charge is 2.29. The van der Waals surface area contributed by atoms with Gasteiger partial charge in [0, 0.05) is 44.7 Å². The van der Waals surface area contributed by atoms with E-state index in [0.29, 0.717) is 26.2 Å². The van der Waals surface area contributed by atoms with E-state index in [4.69, 9.17) is 0 Å². The highest BCUT2D eigenvalue weighted by molar-refractivity contribution is 8.01. The molecule has 0 aliphatic carbocycles. The molecule has 2 rings (SSSR count). The van der Waals surface area contributed by atoms with Crippen LogP contribution >= 0.6 is 0 Å². The lowest BCUT2D eigenvalue weighted by atomic mass is 10.1. The molecule has 0 spiro atoms. The Kier molecular flexibility index (Phi) is 5.26. The molecule has 6 nitrogen and oxygen atoms in total. The average molecular weight is 345 g/mol. The maximum Gasteiger partial charge on any atom is 0.330 e. The molecule has 0 radical (unpaired) electrons. The second-order valence-electron chi connectivity index (χ2n) is 5.76. The Morgan fingerprint density at radius 2 is 1.55 bits per heavy atom. The van der Waals surface area contributed by atoms with E-state index in [1.807, 2.05) is 18.2 Å². The maximum absolute atomic E-state index is 12.1. The first-order valence-electron chi connectivity index (χ1n) is 7.16. The van der Waals surface area contributed by atoms with Crippen molar-refractivity contribution in [2.24, 2.45) is 3.77 Å². The van der Waals surface area contributed by atoms with Gasteiger partial charge < -0.3 is 0 Å². The fraction of sp³-hybridized carbons (Fsp3) is 0.571. The Labute approximate surface area is 133 Å². The van der Waals surface area contributed by atoms with Crippen molar-refractivity contribution in [3.05, 3.63) is 35.9 Å². The molecule has 22 heavy (non-hydrogen) atoms. The van der Waals surface area contributed by atoms with Gasteiger partial charge in [0.25, 0.3) is 0 Å². The Morgan fingerprint density at radius 3 is 2.05 bits per heavy atom. The van der Waals surface area contributed by atoms with Gasteiger partial charge in [-0.1, -0.05) is 34.1 Å². The summed E-state index contributed by atoms with van der Waals surface area (Å²) in [6.07, 6.45) is 2.66. The third-order valence-corrected chi connectivity index (χ3v) is 6.91. The Balaban J connectivity index is 2.04. The highest BCUT2D eigenvalue weighted by atomic mass is 32.3. The van der Waals surface area contributed by atoms with Crippen molar-refractivity contribution in [1.29, 1.82) is 0 Å². The number of hydrogen-bond acceptors (Lipinski definition) is 4. The van der Waals surface area contributed by atoms with Crippen LogP contribution in [0, 0.1) is 0 Å². The van der Waals surface area contributed by atoms with Crippen LogP contribution < -0.4 is 0 Å². The van der Waals surface area contributed by atoms with Crippen LogP contribution in [0.4, 0.5) is 0 Å². The normalized spacial score (nSPS) is 19.8. The van der Waals surface area contributed by atoms with Crippen molar-refractivity contribution in [3.8, 4) is 0 Å². The predicted octanol–water partition coefficient (Wildman–Crippen LogP) is 1.34. The molecule has 1 saturated heterocycles. The van der Waals surface area contributed by atoms with E-state index in [0.717, 1.165) is 0 Å². The molecule has 1 aromatic carbocycles. The van der Waals surface area contributed by atoms with Crippen LogP contribution in [0.5, 0.6) is 0 Å². The van der Waals surface area contributed by atoms with Crippen LogP contribution in [0.3, 0.4) is 0 Å². The zero-order valence-corrected chi connectivity index (χ0v) is 14.8. The molecule has 1 fully saturated rings. The lowest BCUT2D eigenvalue weighted by Crippen LogP contribution is -2.48. The van der Waals surface area contributed by atoms with Crippen LogP contribution in [-0.2, 0) is 19.9 Å². The van der Waals surface area contributed by atoms with Crippen LogP contribution in [-0.4, -0.2) is 60.5 Å². The van der Waals surface area contributed by atoms with Crippen molar-refractivity contribution in [2.45, 2.75) is 13.0 Å². The number of benzene rings is 1. The molecular formula is C14H23N3O3S2. The molecule has 1 heterocycles. The quantitative estimate of drug-likeness (QED) is 0.826. The number of piperazine rings is 1. The topological polar surface area (TPSA) is 70.1 Å². The van der Waals surface area contributed by atoms with Gasteiger partial charge in [0.2, 0.25) is 0 Å². The third kappa shape index (κ3) is 4.52. The predicted molar refractivity (Wildman–Crippen MR) is 89.3 cm³/mol. The van der Waals surface area contributed by atoms with Crippen LogP contribution in [0.25, 0.3) is 0 Å². The first-order chi connectivity index (χ1) is 10.2. The molecule has 1 aliphatic heterocycles. The van der Waals surface area contributed by atoms with E-state index in [2.05, 4.69) is 27.7 Å². The molecule has 0 aromatic heterocycles. The zero-order valence-electron chi connectivity index (χ0n) is 13.2. The summed E-state index contributed by atoms with van der Waals surface area (Å²) in [6, 6.07) is 10.4. The number of rotatable bonds is 4. The van der Waals surface area contributed by atoms with Gasteiger partial charge >= 0.3 is 10.2 Å². The molecule has 0 unspecified atom stereocenters. The van der Waals surface area contributed by atoms with Crippen LogP contribution in [0.1, 0.15) is 18.5 Å². The zero-order chi connectivity index (χ0) is 16.4. The summed E-state index contributed by atoms with van der Waals surface area (Å²) in [5.41, 5.74) is 1.22. The van der Waals surface area contributed by atoms with Gasteiger partial charge in [0.05, 0.1) is 9.73 Å². The van der Waals surface area contributed by atoms with Crippen LogP contribution in [0.2, 0.25) is 0 Å². The van der Waals surface area contributed by atoms with Gasteiger partial charge in [0.1, 0.15) is 0 Å².